The molecule has 0 radical (unpaired) electrons. The highest BCUT2D eigenvalue weighted by atomic mass is 79.9. The Morgan fingerprint density at radius 1 is 1.40 bits per heavy atom. The van der Waals surface area contributed by atoms with E-state index in [0.29, 0.717) is 12.0 Å². The lowest BCUT2D eigenvalue weighted by molar-refractivity contribution is 0.172. The Labute approximate surface area is 130 Å². The monoisotopic (exact) mass is 340 g/mol. The Morgan fingerprint density at radius 2 is 2.25 bits per heavy atom. The SMILES string of the molecule is CCCNC1COCC1CN(C)Cc1cccc(Br)c1. The average Bonchev–Trinajstić information content (AvgIpc) is 2.83. The zero-order valence-corrected chi connectivity index (χ0v) is 14.0. The second-order valence-electron chi connectivity index (χ2n) is 5.68. The number of hydrogen-bond acceptors (Lipinski definition) is 3. The molecule has 0 aliphatic carbocycles. The maximum Gasteiger partial charge on any atom is 0.0623 e. The minimum Gasteiger partial charge on any atom is -0.379 e. The summed E-state index contributed by atoms with van der Waals surface area (Å²) in [4.78, 5) is 2.39. The summed E-state index contributed by atoms with van der Waals surface area (Å²) in [5.41, 5.74) is 1.35. The molecule has 3 nitrogen and oxygen atoms in total. The van der Waals surface area contributed by atoms with Crippen molar-refractivity contribution in [3.05, 3.63) is 34.3 Å². The van der Waals surface area contributed by atoms with E-state index >= 15 is 0 Å². The van der Waals surface area contributed by atoms with Gasteiger partial charge in [-0.2, -0.15) is 0 Å². The molecule has 2 atom stereocenters. The van der Waals surface area contributed by atoms with Crippen LogP contribution in [0.1, 0.15) is 18.9 Å². The largest absolute Gasteiger partial charge is 0.379 e. The minimum absolute atomic E-state index is 0.514. The van der Waals surface area contributed by atoms with Crippen LogP contribution in [0.4, 0.5) is 0 Å². The predicted octanol–water partition coefficient (Wildman–Crippen LogP) is 2.90. The summed E-state index contributed by atoms with van der Waals surface area (Å²) >= 11 is 3.53. The maximum absolute atomic E-state index is 5.64. The van der Waals surface area contributed by atoms with Crippen molar-refractivity contribution in [3.63, 3.8) is 0 Å². The third-order valence-electron chi connectivity index (χ3n) is 3.74. The summed E-state index contributed by atoms with van der Waals surface area (Å²) in [5.74, 6) is 0.596. The van der Waals surface area contributed by atoms with Gasteiger partial charge < -0.3 is 15.0 Å². The van der Waals surface area contributed by atoms with Gasteiger partial charge in [-0.3, -0.25) is 0 Å². The molecule has 20 heavy (non-hydrogen) atoms. The molecule has 4 heteroatoms. The van der Waals surface area contributed by atoms with Crippen LogP contribution >= 0.6 is 15.9 Å². The number of nitrogens with zero attached hydrogens (tertiary/aromatic N) is 1. The van der Waals surface area contributed by atoms with Gasteiger partial charge in [0.25, 0.3) is 0 Å². The fraction of sp³-hybridized carbons (Fsp3) is 0.625. The van der Waals surface area contributed by atoms with Gasteiger partial charge in [-0.05, 0) is 37.7 Å². The molecule has 0 spiro atoms. The first-order chi connectivity index (χ1) is 9.69. The van der Waals surface area contributed by atoms with Gasteiger partial charge in [-0.15, -0.1) is 0 Å². The molecule has 0 amide bonds. The lowest BCUT2D eigenvalue weighted by atomic mass is 10.0. The second kappa shape index (κ2) is 8.13. The Bertz CT molecular complexity index is 413. The molecule has 0 saturated carbocycles. The van der Waals surface area contributed by atoms with Crippen LogP contribution in [0.5, 0.6) is 0 Å². The molecule has 0 aromatic heterocycles. The standard InChI is InChI=1S/C16H25BrN2O/c1-3-7-18-16-12-20-11-14(16)10-19(2)9-13-5-4-6-15(17)8-13/h4-6,8,14,16,18H,3,7,9-12H2,1-2H3. The van der Waals surface area contributed by atoms with E-state index in [9.17, 15) is 0 Å². The molecule has 1 aliphatic heterocycles. The molecular weight excluding hydrogens is 316 g/mol. The summed E-state index contributed by atoms with van der Waals surface area (Å²) in [6, 6.07) is 9.05. The first kappa shape index (κ1) is 16.0. The van der Waals surface area contributed by atoms with Crippen LogP contribution in [0.2, 0.25) is 0 Å². The van der Waals surface area contributed by atoms with Crippen molar-refractivity contribution in [1.29, 1.82) is 0 Å². The van der Waals surface area contributed by atoms with Crippen molar-refractivity contribution >= 4 is 15.9 Å². The van der Waals surface area contributed by atoms with Gasteiger partial charge in [-0.25, -0.2) is 0 Å². The molecule has 2 unspecified atom stereocenters. The number of hydrogen-bond donors (Lipinski definition) is 1. The highest BCUT2D eigenvalue weighted by molar-refractivity contribution is 9.10. The van der Waals surface area contributed by atoms with E-state index in [1.54, 1.807) is 0 Å². The summed E-state index contributed by atoms with van der Waals surface area (Å²) < 4.78 is 6.79. The van der Waals surface area contributed by atoms with Crippen LogP contribution < -0.4 is 5.32 Å². The summed E-state index contributed by atoms with van der Waals surface area (Å²) in [7, 11) is 2.19. The molecule has 112 valence electrons. The fourth-order valence-corrected chi connectivity index (χ4v) is 3.19. The zero-order chi connectivity index (χ0) is 14.4. The second-order valence-corrected chi connectivity index (χ2v) is 6.60. The van der Waals surface area contributed by atoms with Gasteiger partial charge in [0.15, 0.2) is 0 Å². The van der Waals surface area contributed by atoms with Gasteiger partial charge in [0.05, 0.1) is 13.2 Å². The molecule has 1 N–H and O–H groups in total. The van der Waals surface area contributed by atoms with E-state index in [4.69, 9.17) is 4.74 Å². The van der Waals surface area contributed by atoms with E-state index in [1.165, 1.54) is 12.0 Å². The Morgan fingerprint density at radius 3 is 3.00 bits per heavy atom. The van der Waals surface area contributed by atoms with E-state index < -0.39 is 0 Å². The number of benzene rings is 1. The van der Waals surface area contributed by atoms with Crippen molar-refractivity contribution < 1.29 is 4.74 Å². The van der Waals surface area contributed by atoms with Gasteiger partial charge in [0.1, 0.15) is 0 Å². The highest BCUT2D eigenvalue weighted by Crippen LogP contribution is 2.17. The lowest BCUT2D eigenvalue weighted by Crippen LogP contribution is -2.40. The topological polar surface area (TPSA) is 24.5 Å². The highest BCUT2D eigenvalue weighted by Gasteiger charge is 2.28. The third-order valence-corrected chi connectivity index (χ3v) is 4.24. The molecule has 1 aliphatic rings. The molecule has 1 heterocycles. The van der Waals surface area contributed by atoms with Crippen molar-refractivity contribution in [2.24, 2.45) is 5.92 Å². The summed E-state index contributed by atoms with van der Waals surface area (Å²) in [6.07, 6.45) is 1.18. The van der Waals surface area contributed by atoms with Gasteiger partial charge >= 0.3 is 0 Å². The van der Waals surface area contributed by atoms with E-state index in [1.807, 2.05) is 0 Å². The van der Waals surface area contributed by atoms with Crippen molar-refractivity contribution in [2.45, 2.75) is 25.9 Å². The number of ether oxygens (including phenoxy) is 1. The van der Waals surface area contributed by atoms with Crippen LogP contribution in [0.15, 0.2) is 28.7 Å². The van der Waals surface area contributed by atoms with Crippen LogP contribution in [-0.4, -0.2) is 44.3 Å². The Kier molecular flexibility index (Phi) is 6.49. The summed E-state index contributed by atoms with van der Waals surface area (Å²) in [6.45, 7) is 7.08. The van der Waals surface area contributed by atoms with Crippen LogP contribution in [0, 0.1) is 5.92 Å². The smallest absolute Gasteiger partial charge is 0.0623 e. The molecule has 1 fully saturated rings. The quantitative estimate of drug-likeness (QED) is 0.825. The molecule has 1 saturated heterocycles. The third kappa shape index (κ3) is 4.85. The number of rotatable bonds is 7. The number of halogens is 1. The maximum atomic E-state index is 5.64. The lowest BCUT2D eigenvalue weighted by Gasteiger charge is -2.25. The van der Waals surface area contributed by atoms with Crippen LogP contribution in [-0.2, 0) is 11.3 Å². The van der Waals surface area contributed by atoms with Gasteiger partial charge in [0.2, 0.25) is 0 Å². The first-order valence-corrected chi connectivity index (χ1v) is 8.22. The Balaban J connectivity index is 1.82. The van der Waals surface area contributed by atoms with Crippen LogP contribution in [0.3, 0.4) is 0 Å². The van der Waals surface area contributed by atoms with Crippen molar-refractivity contribution in [3.8, 4) is 0 Å². The molecular formula is C16H25BrN2O. The van der Waals surface area contributed by atoms with Crippen molar-refractivity contribution in [1.82, 2.24) is 10.2 Å². The summed E-state index contributed by atoms with van der Waals surface area (Å²) in [5, 5.41) is 3.60. The molecule has 0 bridgehead atoms. The van der Waals surface area contributed by atoms with E-state index in [2.05, 4.69) is 64.4 Å². The predicted molar refractivity (Wildman–Crippen MR) is 86.9 cm³/mol. The fourth-order valence-electron chi connectivity index (χ4n) is 2.75. The van der Waals surface area contributed by atoms with E-state index in [-0.39, 0.29) is 0 Å². The first-order valence-electron chi connectivity index (χ1n) is 7.43. The van der Waals surface area contributed by atoms with Crippen LogP contribution in [0.25, 0.3) is 0 Å². The molecule has 1 aromatic rings. The van der Waals surface area contributed by atoms with Gasteiger partial charge in [0, 0.05) is 29.5 Å². The van der Waals surface area contributed by atoms with E-state index in [0.717, 1.165) is 37.3 Å². The van der Waals surface area contributed by atoms with Crippen molar-refractivity contribution in [2.75, 3.05) is 33.4 Å². The molecule has 1 aromatic carbocycles. The number of nitrogens with one attached hydrogen (secondary N) is 1. The van der Waals surface area contributed by atoms with Gasteiger partial charge in [-0.1, -0.05) is 35.0 Å². The molecule has 2 rings (SSSR count). The minimum atomic E-state index is 0.514. The average molecular weight is 341 g/mol. The Hall–Kier alpha value is -0.420. The zero-order valence-electron chi connectivity index (χ0n) is 12.4. The normalized spacial score (nSPS) is 22.6.